The molecule has 16 heavy (non-hydrogen) atoms. The summed E-state index contributed by atoms with van der Waals surface area (Å²) < 4.78 is 41.7. The largest absolute Gasteiger partial charge is 0.468 e. The summed E-state index contributed by atoms with van der Waals surface area (Å²) in [4.78, 5) is 12.9. The number of halogens is 3. The third-order valence-electron chi connectivity index (χ3n) is 3.08. The minimum atomic E-state index is -4.11. The van der Waals surface area contributed by atoms with Crippen LogP contribution in [0.2, 0.25) is 0 Å². The van der Waals surface area contributed by atoms with Gasteiger partial charge < -0.3 is 4.74 Å². The summed E-state index contributed by atoms with van der Waals surface area (Å²) in [6.45, 7) is 2.24. The molecule has 1 heterocycles. The van der Waals surface area contributed by atoms with E-state index in [0.717, 1.165) is 0 Å². The molecular formula is C10H16F3NO2. The molecule has 1 unspecified atom stereocenters. The number of piperidine rings is 1. The van der Waals surface area contributed by atoms with Gasteiger partial charge in [-0.1, -0.05) is 0 Å². The van der Waals surface area contributed by atoms with Gasteiger partial charge in [-0.15, -0.1) is 0 Å². The highest BCUT2D eigenvalue weighted by Gasteiger charge is 2.42. The van der Waals surface area contributed by atoms with Crippen molar-refractivity contribution in [1.82, 2.24) is 4.90 Å². The molecule has 1 fully saturated rings. The summed E-state index contributed by atoms with van der Waals surface area (Å²) >= 11 is 0. The second-order valence-electron chi connectivity index (χ2n) is 4.05. The number of hydrogen-bond donors (Lipinski definition) is 0. The predicted octanol–water partition coefficient (Wildman–Crippen LogP) is 1.82. The van der Waals surface area contributed by atoms with E-state index in [0.29, 0.717) is 13.1 Å². The molecule has 0 saturated carbocycles. The Bertz CT molecular complexity index is 247. The zero-order valence-corrected chi connectivity index (χ0v) is 9.38. The molecular weight excluding hydrogens is 223 g/mol. The molecule has 0 bridgehead atoms. The summed E-state index contributed by atoms with van der Waals surface area (Å²) in [5.74, 6) is -1.63. The maximum Gasteiger partial charge on any atom is 0.391 e. The van der Waals surface area contributed by atoms with Crippen LogP contribution in [0, 0.1) is 5.92 Å². The summed E-state index contributed by atoms with van der Waals surface area (Å²) in [5, 5.41) is 0. The van der Waals surface area contributed by atoms with Crippen LogP contribution in [-0.4, -0.2) is 43.3 Å². The Kier molecular flexibility index (Phi) is 4.18. The molecule has 0 aromatic heterocycles. The first-order chi connectivity index (χ1) is 7.36. The molecule has 0 spiro atoms. The van der Waals surface area contributed by atoms with Gasteiger partial charge in [0.25, 0.3) is 0 Å². The van der Waals surface area contributed by atoms with Crippen molar-refractivity contribution in [3.05, 3.63) is 0 Å². The Morgan fingerprint density at radius 1 is 1.38 bits per heavy atom. The summed E-state index contributed by atoms with van der Waals surface area (Å²) in [6.07, 6.45) is -3.99. The van der Waals surface area contributed by atoms with E-state index < -0.39 is 24.1 Å². The highest BCUT2D eigenvalue weighted by Crippen LogP contribution is 2.34. The number of esters is 1. The van der Waals surface area contributed by atoms with Crippen LogP contribution in [0.1, 0.15) is 19.8 Å². The maximum atomic E-state index is 12.4. The SMILES string of the molecule is COC(=O)C(C)N1CCC(C(F)(F)F)CC1. The first-order valence-corrected chi connectivity index (χ1v) is 5.25. The second kappa shape index (κ2) is 5.03. The normalized spacial score (nSPS) is 21.8. The number of rotatable bonds is 2. The average molecular weight is 239 g/mol. The molecule has 94 valence electrons. The number of likely N-dealkylation sites (tertiary alicyclic amines) is 1. The zero-order valence-electron chi connectivity index (χ0n) is 9.38. The molecule has 1 aliphatic rings. The lowest BCUT2D eigenvalue weighted by Crippen LogP contribution is -2.46. The Morgan fingerprint density at radius 2 is 1.88 bits per heavy atom. The summed E-state index contributed by atoms with van der Waals surface area (Å²) in [6, 6.07) is -0.459. The molecule has 1 saturated heterocycles. The van der Waals surface area contributed by atoms with Crippen LogP contribution in [0.15, 0.2) is 0 Å². The number of carbonyl (C=O) groups is 1. The van der Waals surface area contributed by atoms with Crippen molar-refractivity contribution < 1.29 is 22.7 Å². The van der Waals surface area contributed by atoms with Gasteiger partial charge in [-0.05, 0) is 32.9 Å². The van der Waals surface area contributed by atoms with Crippen molar-refractivity contribution >= 4 is 5.97 Å². The van der Waals surface area contributed by atoms with Gasteiger partial charge in [0.2, 0.25) is 0 Å². The quantitative estimate of drug-likeness (QED) is 0.688. The molecule has 0 radical (unpaired) electrons. The molecule has 0 aliphatic carbocycles. The molecule has 0 N–H and O–H groups in total. The van der Waals surface area contributed by atoms with Crippen molar-refractivity contribution in [2.75, 3.05) is 20.2 Å². The van der Waals surface area contributed by atoms with Gasteiger partial charge in [0.05, 0.1) is 13.0 Å². The van der Waals surface area contributed by atoms with Crippen molar-refractivity contribution in [1.29, 1.82) is 0 Å². The Labute approximate surface area is 92.5 Å². The lowest BCUT2D eigenvalue weighted by Gasteiger charge is -2.35. The van der Waals surface area contributed by atoms with Crippen LogP contribution in [0.25, 0.3) is 0 Å². The third kappa shape index (κ3) is 3.10. The first kappa shape index (κ1) is 13.3. The van der Waals surface area contributed by atoms with E-state index in [4.69, 9.17) is 0 Å². The van der Waals surface area contributed by atoms with Crippen molar-refractivity contribution in [3.63, 3.8) is 0 Å². The number of nitrogens with zero attached hydrogens (tertiary/aromatic N) is 1. The van der Waals surface area contributed by atoms with E-state index in [2.05, 4.69) is 4.74 Å². The van der Waals surface area contributed by atoms with E-state index in [-0.39, 0.29) is 12.8 Å². The lowest BCUT2D eigenvalue weighted by atomic mass is 9.95. The molecule has 0 aromatic carbocycles. The molecule has 1 rings (SSSR count). The van der Waals surface area contributed by atoms with Crippen molar-refractivity contribution in [3.8, 4) is 0 Å². The van der Waals surface area contributed by atoms with Crippen LogP contribution in [-0.2, 0) is 9.53 Å². The van der Waals surface area contributed by atoms with Crippen molar-refractivity contribution in [2.45, 2.75) is 32.0 Å². The number of carbonyl (C=O) groups excluding carboxylic acids is 1. The standard InChI is InChI=1S/C10H16F3NO2/c1-7(9(15)16-2)14-5-3-8(4-6-14)10(11,12)13/h7-8H,3-6H2,1-2H3. The highest BCUT2D eigenvalue weighted by molar-refractivity contribution is 5.75. The van der Waals surface area contributed by atoms with Gasteiger partial charge in [-0.25, -0.2) is 0 Å². The van der Waals surface area contributed by atoms with E-state index in [9.17, 15) is 18.0 Å². The van der Waals surface area contributed by atoms with Gasteiger partial charge in [0, 0.05) is 0 Å². The van der Waals surface area contributed by atoms with Gasteiger partial charge in [0.1, 0.15) is 6.04 Å². The van der Waals surface area contributed by atoms with Crippen LogP contribution in [0.5, 0.6) is 0 Å². The summed E-state index contributed by atoms with van der Waals surface area (Å²) in [7, 11) is 1.28. The van der Waals surface area contributed by atoms with E-state index in [1.165, 1.54) is 7.11 Å². The van der Waals surface area contributed by atoms with E-state index in [1.807, 2.05) is 0 Å². The van der Waals surface area contributed by atoms with E-state index >= 15 is 0 Å². The number of hydrogen-bond acceptors (Lipinski definition) is 3. The van der Waals surface area contributed by atoms with Gasteiger partial charge in [-0.3, -0.25) is 9.69 Å². The molecule has 6 heteroatoms. The first-order valence-electron chi connectivity index (χ1n) is 5.25. The topological polar surface area (TPSA) is 29.5 Å². The van der Waals surface area contributed by atoms with Gasteiger partial charge in [-0.2, -0.15) is 13.2 Å². The highest BCUT2D eigenvalue weighted by atomic mass is 19.4. The Hall–Kier alpha value is -0.780. The van der Waals surface area contributed by atoms with Crippen LogP contribution >= 0.6 is 0 Å². The fourth-order valence-corrected chi connectivity index (χ4v) is 1.93. The van der Waals surface area contributed by atoms with Crippen LogP contribution in [0.4, 0.5) is 13.2 Å². The van der Waals surface area contributed by atoms with E-state index in [1.54, 1.807) is 11.8 Å². The predicted molar refractivity (Wildman–Crippen MR) is 51.8 cm³/mol. The second-order valence-corrected chi connectivity index (χ2v) is 4.05. The molecule has 1 atom stereocenters. The zero-order chi connectivity index (χ0) is 12.3. The lowest BCUT2D eigenvalue weighted by molar-refractivity contribution is -0.186. The Morgan fingerprint density at radius 3 is 2.25 bits per heavy atom. The van der Waals surface area contributed by atoms with Crippen molar-refractivity contribution in [2.24, 2.45) is 5.92 Å². The fraction of sp³-hybridized carbons (Fsp3) is 0.900. The molecule has 0 aromatic rings. The third-order valence-corrected chi connectivity index (χ3v) is 3.08. The number of ether oxygens (including phenoxy) is 1. The summed E-state index contributed by atoms with van der Waals surface area (Å²) in [5.41, 5.74) is 0. The number of alkyl halides is 3. The molecule has 1 aliphatic heterocycles. The smallest absolute Gasteiger partial charge is 0.391 e. The molecule has 0 amide bonds. The van der Waals surface area contributed by atoms with Crippen LogP contribution < -0.4 is 0 Å². The molecule has 3 nitrogen and oxygen atoms in total. The van der Waals surface area contributed by atoms with Crippen LogP contribution in [0.3, 0.4) is 0 Å². The monoisotopic (exact) mass is 239 g/mol. The Balaban J connectivity index is 2.46. The average Bonchev–Trinajstić information content (AvgIpc) is 2.26. The minimum absolute atomic E-state index is 0.0604. The van der Waals surface area contributed by atoms with Gasteiger partial charge >= 0.3 is 12.1 Å². The minimum Gasteiger partial charge on any atom is -0.468 e. The fourth-order valence-electron chi connectivity index (χ4n) is 1.93. The van der Waals surface area contributed by atoms with Gasteiger partial charge in [0.15, 0.2) is 0 Å². The number of methoxy groups -OCH3 is 1. The maximum absolute atomic E-state index is 12.4.